The summed E-state index contributed by atoms with van der Waals surface area (Å²) >= 11 is 0. The molecule has 1 amide bonds. The van der Waals surface area contributed by atoms with Gasteiger partial charge < -0.3 is 5.32 Å². The minimum absolute atomic E-state index is 0.177. The molecule has 6 heteroatoms. The van der Waals surface area contributed by atoms with Crippen LogP contribution in [0, 0.1) is 6.92 Å². The van der Waals surface area contributed by atoms with Gasteiger partial charge in [-0.15, -0.1) is 0 Å². The third kappa shape index (κ3) is 4.57. The maximum atomic E-state index is 12.9. The van der Waals surface area contributed by atoms with Gasteiger partial charge in [0.2, 0.25) is 10.0 Å². The number of amides is 1. The number of aryl methyl sites for hydroxylation is 1. The van der Waals surface area contributed by atoms with E-state index in [-0.39, 0.29) is 16.7 Å². The van der Waals surface area contributed by atoms with Crippen molar-refractivity contribution in [3.8, 4) is 0 Å². The summed E-state index contributed by atoms with van der Waals surface area (Å²) in [7, 11) is -3.63. The lowest BCUT2D eigenvalue weighted by Crippen LogP contribution is -2.31. The Hall–Kier alpha value is -2.18. The predicted molar refractivity (Wildman–Crippen MR) is 110 cm³/mol. The molecule has 2 rings (SSSR count). The Balaban J connectivity index is 2.40. The van der Waals surface area contributed by atoms with Crippen molar-refractivity contribution < 1.29 is 13.2 Å². The molecule has 0 bridgehead atoms. The molecule has 5 nitrogen and oxygen atoms in total. The van der Waals surface area contributed by atoms with Gasteiger partial charge in [0.15, 0.2) is 0 Å². The third-order valence-corrected chi connectivity index (χ3v) is 6.80. The van der Waals surface area contributed by atoms with Crippen molar-refractivity contribution in [1.82, 2.24) is 4.31 Å². The fourth-order valence-electron chi connectivity index (χ4n) is 3.03. The van der Waals surface area contributed by atoms with E-state index in [0.29, 0.717) is 24.2 Å². The van der Waals surface area contributed by atoms with Crippen molar-refractivity contribution in [2.75, 3.05) is 18.4 Å². The van der Waals surface area contributed by atoms with Gasteiger partial charge in [0, 0.05) is 24.3 Å². The maximum absolute atomic E-state index is 12.9. The Morgan fingerprint density at radius 1 is 1.07 bits per heavy atom. The van der Waals surface area contributed by atoms with Crippen molar-refractivity contribution in [2.24, 2.45) is 0 Å². The lowest BCUT2D eigenvalue weighted by Gasteiger charge is -2.20. The van der Waals surface area contributed by atoms with E-state index in [4.69, 9.17) is 0 Å². The summed E-state index contributed by atoms with van der Waals surface area (Å²) in [6, 6.07) is 12.4. The van der Waals surface area contributed by atoms with Gasteiger partial charge in [-0.2, -0.15) is 4.31 Å². The summed E-state index contributed by atoms with van der Waals surface area (Å²) in [5.74, 6) is -0.0581. The molecule has 0 aromatic heterocycles. The molecule has 0 aliphatic rings. The fraction of sp³-hybridized carbons (Fsp3) is 0.381. The lowest BCUT2D eigenvalue weighted by atomic mass is 10.0. The number of rotatable bonds is 7. The van der Waals surface area contributed by atoms with Crippen LogP contribution in [0.5, 0.6) is 0 Å². The Bertz CT molecular complexity index is 917. The van der Waals surface area contributed by atoms with Crippen LogP contribution >= 0.6 is 0 Å². The number of carbonyl (C=O) groups is 1. The molecule has 0 fully saturated rings. The molecule has 27 heavy (non-hydrogen) atoms. The van der Waals surface area contributed by atoms with Crippen LogP contribution < -0.4 is 5.32 Å². The zero-order valence-electron chi connectivity index (χ0n) is 16.6. The highest BCUT2D eigenvalue weighted by Crippen LogP contribution is 2.25. The van der Waals surface area contributed by atoms with Crippen LogP contribution in [0.4, 0.5) is 5.69 Å². The highest BCUT2D eigenvalue weighted by Gasteiger charge is 2.24. The van der Waals surface area contributed by atoms with Crippen LogP contribution in [0.1, 0.15) is 55.1 Å². The van der Waals surface area contributed by atoms with E-state index in [2.05, 4.69) is 19.2 Å². The first-order valence-corrected chi connectivity index (χ1v) is 10.7. The first kappa shape index (κ1) is 21.1. The number of nitrogens with one attached hydrogen (secondary N) is 1. The van der Waals surface area contributed by atoms with Crippen LogP contribution in [0.15, 0.2) is 47.4 Å². The van der Waals surface area contributed by atoms with Gasteiger partial charge in [-0.05, 0) is 42.2 Å². The predicted octanol–water partition coefficient (Wildman–Crippen LogP) is 4.40. The minimum atomic E-state index is -3.63. The molecule has 0 heterocycles. The van der Waals surface area contributed by atoms with Crippen molar-refractivity contribution in [3.63, 3.8) is 0 Å². The quantitative estimate of drug-likeness (QED) is 0.764. The summed E-state index contributed by atoms with van der Waals surface area (Å²) in [5.41, 5.74) is 2.73. The molecule has 0 radical (unpaired) electrons. The zero-order valence-corrected chi connectivity index (χ0v) is 17.4. The smallest absolute Gasteiger partial charge is 0.255 e. The van der Waals surface area contributed by atoms with E-state index in [1.807, 2.05) is 24.3 Å². The van der Waals surface area contributed by atoms with Crippen LogP contribution in [0.3, 0.4) is 0 Å². The van der Waals surface area contributed by atoms with E-state index in [0.717, 1.165) is 11.3 Å². The summed E-state index contributed by atoms with van der Waals surface area (Å²) in [6.45, 7) is 10.2. The van der Waals surface area contributed by atoms with Crippen molar-refractivity contribution in [3.05, 3.63) is 59.2 Å². The molecule has 2 aromatic rings. The standard InChI is InChI=1S/C21H28N2O3S/c1-6-23(7-2)27(25,26)20-14-17(13-12-16(20)5)21(24)22-19-11-9-8-10-18(19)15(3)4/h8-15H,6-7H2,1-5H3,(H,22,24). The molecule has 0 saturated carbocycles. The minimum Gasteiger partial charge on any atom is -0.322 e. The van der Waals surface area contributed by atoms with Gasteiger partial charge in [0.25, 0.3) is 5.91 Å². The molecular weight excluding hydrogens is 360 g/mol. The zero-order chi connectivity index (χ0) is 20.2. The van der Waals surface area contributed by atoms with E-state index in [1.54, 1.807) is 32.9 Å². The largest absolute Gasteiger partial charge is 0.322 e. The normalized spacial score (nSPS) is 11.8. The molecule has 1 N–H and O–H groups in total. The van der Waals surface area contributed by atoms with Crippen molar-refractivity contribution >= 4 is 21.6 Å². The van der Waals surface area contributed by atoms with Gasteiger partial charge >= 0.3 is 0 Å². The lowest BCUT2D eigenvalue weighted by molar-refractivity contribution is 0.102. The van der Waals surface area contributed by atoms with E-state index in [9.17, 15) is 13.2 Å². The fourth-order valence-corrected chi connectivity index (χ4v) is 4.74. The molecule has 0 aliphatic carbocycles. The number of sulfonamides is 1. The molecule has 0 aliphatic heterocycles. The van der Waals surface area contributed by atoms with E-state index < -0.39 is 10.0 Å². The molecule has 0 saturated heterocycles. The van der Waals surface area contributed by atoms with Crippen LogP contribution in [-0.2, 0) is 10.0 Å². The van der Waals surface area contributed by atoms with Crippen molar-refractivity contribution in [2.45, 2.75) is 45.4 Å². The maximum Gasteiger partial charge on any atom is 0.255 e. The second kappa shape index (κ2) is 8.67. The third-order valence-electron chi connectivity index (χ3n) is 4.60. The Morgan fingerprint density at radius 2 is 1.70 bits per heavy atom. The second-order valence-electron chi connectivity index (χ2n) is 6.77. The number of hydrogen-bond donors (Lipinski definition) is 1. The number of carbonyl (C=O) groups excluding carboxylic acids is 1. The summed E-state index contributed by atoms with van der Waals surface area (Å²) < 4.78 is 27.2. The Morgan fingerprint density at radius 3 is 2.30 bits per heavy atom. The number of hydrogen-bond acceptors (Lipinski definition) is 3. The van der Waals surface area contributed by atoms with Gasteiger partial charge in [-0.3, -0.25) is 4.79 Å². The monoisotopic (exact) mass is 388 g/mol. The van der Waals surface area contributed by atoms with Crippen LogP contribution in [-0.4, -0.2) is 31.7 Å². The molecule has 146 valence electrons. The van der Waals surface area contributed by atoms with Crippen molar-refractivity contribution in [1.29, 1.82) is 0 Å². The van der Waals surface area contributed by atoms with Crippen LogP contribution in [0.25, 0.3) is 0 Å². The first-order chi connectivity index (χ1) is 12.7. The molecule has 0 atom stereocenters. The first-order valence-electron chi connectivity index (χ1n) is 9.23. The van der Waals surface area contributed by atoms with E-state index >= 15 is 0 Å². The average molecular weight is 389 g/mol. The number of nitrogens with zero attached hydrogens (tertiary/aromatic N) is 1. The number of anilines is 1. The molecule has 0 unspecified atom stereocenters. The molecule has 0 spiro atoms. The highest BCUT2D eigenvalue weighted by molar-refractivity contribution is 7.89. The number of benzene rings is 2. The van der Waals surface area contributed by atoms with Crippen LogP contribution in [0.2, 0.25) is 0 Å². The van der Waals surface area contributed by atoms with Gasteiger partial charge in [-0.1, -0.05) is 52.0 Å². The van der Waals surface area contributed by atoms with Gasteiger partial charge in [0.05, 0.1) is 4.90 Å². The second-order valence-corrected chi connectivity index (χ2v) is 8.67. The topological polar surface area (TPSA) is 66.5 Å². The molecular formula is C21H28N2O3S. The summed E-state index contributed by atoms with van der Waals surface area (Å²) in [5, 5.41) is 2.92. The Kier molecular flexibility index (Phi) is 6.78. The van der Waals surface area contributed by atoms with Gasteiger partial charge in [0.1, 0.15) is 0 Å². The van der Waals surface area contributed by atoms with E-state index in [1.165, 1.54) is 10.4 Å². The Labute approximate surface area is 162 Å². The molecule has 2 aromatic carbocycles. The highest BCUT2D eigenvalue weighted by atomic mass is 32.2. The summed E-state index contributed by atoms with van der Waals surface area (Å²) in [6.07, 6.45) is 0. The SMILES string of the molecule is CCN(CC)S(=O)(=O)c1cc(C(=O)Nc2ccccc2C(C)C)ccc1C. The average Bonchev–Trinajstić information content (AvgIpc) is 2.62. The number of para-hydroxylation sites is 1. The van der Waals surface area contributed by atoms with Gasteiger partial charge in [-0.25, -0.2) is 8.42 Å². The summed E-state index contributed by atoms with van der Waals surface area (Å²) in [4.78, 5) is 12.9.